The highest BCUT2D eigenvalue weighted by Gasteiger charge is 2.14. The summed E-state index contributed by atoms with van der Waals surface area (Å²) in [6.07, 6.45) is 3.12. The summed E-state index contributed by atoms with van der Waals surface area (Å²) < 4.78 is 15.8. The molecule has 1 aromatic carbocycles. The van der Waals surface area contributed by atoms with Crippen LogP contribution in [-0.2, 0) is 13.5 Å². The maximum atomic E-state index is 14.0. The number of rotatable bonds is 5. The first-order valence-electron chi connectivity index (χ1n) is 6.16. The van der Waals surface area contributed by atoms with Gasteiger partial charge in [-0.2, -0.15) is 0 Å². The van der Waals surface area contributed by atoms with Gasteiger partial charge in [0.2, 0.25) is 0 Å². The summed E-state index contributed by atoms with van der Waals surface area (Å²) >= 11 is 1.29. The Balaban J connectivity index is 2.30. The molecule has 0 saturated carbocycles. The van der Waals surface area contributed by atoms with E-state index in [1.54, 1.807) is 17.0 Å². The fraction of sp³-hybridized carbons (Fsp3) is 0.385. The highest BCUT2D eigenvalue weighted by atomic mass is 32.2. The Labute approximate surface area is 116 Å². The lowest BCUT2D eigenvalue weighted by Gasteiger charge is -2.13. The van der Waals surface area contributed by atoms with Gasteiger partial charge in [-0.1, -0.05) is 19.1 Å². The summed E-state index contributed by atoms with van der Waals surface area (Å²) in [5.74, 6) is -0.242. The molecular formula is C13H17FN4S. The molecule has 0 aliphatic rings. The number of benzene rings is 1. The minimum atomic E-state index is -0.242. The van der Waals surface area contributed by atoms with E-state index < -0.39 is 0 Å². The summed E-state index contributed by atoms with van der Waals surface area (Å²) in [7, 11) is 1.83. The smallest absolute Gasteiger partial charge is 0.195 e. The van der Waals surface area contributed by atoms with Crippen LogP contribution < -0.4 is 5.73 Å². The Morgan fingerprint density at radius 1 is 1.47 bits per heavy atom. The van der Waals surface area contributed by atoms with Crippen molar-refractivity contribution in [1.29, 1.82) is 0 Å². The van der Waals surface area contributed by atoms with Crippen molar-refractivity contribution in [2.45, 2.75) is 35.9 Å². The fourth-order valence-corrected chi connectivity index (χ4v) is 2.62. The molecule has 0 fully saturated rings. The quantitative estimate of drug-likeness (QED) is 0.913. The zero-order valence-corrected chi connectivity index (χ0v) is 11.8. The lowest BCUT2D eigenvalue weighted by Crippen LogP contribution is -2.21. The number of aryl methyl sites for hydroxylation is 1. The van der Waals surface area contributed by atoms with Crippen molar-refractivity contribution in [3.05, 3.63) is 35.9 Å². The summed E-state index contributed by atoms with van der Waals surface area (Å²) in [5.41, 5.74) is 6.88. The molecule has 0 bridgehead atoms. The summed E-state index contributed by atoms with van der Waals surface area (Å²) in [5, 5.41) is 8.43. The van der Waals surface area contributed by atoms with E-state index in [4.69, 9.17) is 5.73 Å². The average molecular weight is 280 g/mol. The van der Waals surface area contributed by atoms with Gasteiger partial charge in [0.1, 0.15) is 12.1 Å². The third-order valence-corrected chi connectivity index (χ3v) is 4.13. The normalized spacial score (nSPS) is 12.6. The van der Waals surface area contributed by atoms with Gasteiger partial charge in [0.05, 0.1) is 4.90 Å². The van der Waals surface area contributed by atoms with Crippen molar-refractivity contribution >= 4 is 11.8 Å². The lowest BCUT2D eigenvalue weighted by molar-refractivity contribution is 0.584. The van der Waals surface area contributed by atoms with Gasteiger partial charge in [0.15, 0.2) is 5.16 Å². The van der Waals surface area contributed by atoms with Crippen LogP contribution in [0.25, 0.3) is 0 Å². The summed E-state index contributed by atoms with van der Waals surface area (Å²) in [6, 6.07) is 5.13. The Bertz CT molecular complexity index is 555. The van der Waals surface area contributed by atoms with Crippen molar-refractivity contribution in [3.63, 3.8) is 0 Å². The molecule has 2 rings (SSSR count). The molecule has 6 heteroatoms. The number of nitrogens with two attached hydrogens (primary N) is 1. The number of halogens is 1. The first-order valence-corrected chi connectivity index (χ1v) is 6.98. The van der Waals surface area contributed by atoms with Gasteiger partial charge in [-0.25, -0.2) is 4.39 Å². The van der Waals surface area contributed by atoms with Crippen molar-refractivity contribution in [2.24, 2.45) is 12.8 Å². The zero-order chi connectivity index (χ0) is 13.8. The van der Waals surface area contributed by atoms with Crippen molar-refractivity contribution < 1.29 is 4.39 Å². The van der Waals surface area contributed by atoms with Crippen LogP contribution in [0.2, 0.25) is 0 Å². The van der Waals surface area contributed by atoms with E-state index in [0.717, 1.165) is 12.0 Å². The van der Waals surface area contributed by atoms with Crippen LogP contribution in [0.1, 0.15) is 18.9 Å². The van der Waals surface area contributed by atoms with Gasteiger partial charge in [-0.15, -0.1) is 10.2 Å². The second-order valence-electron chi connectivity index (χ2n) is 4.43. The predicted octanol–water partition coefficient (Wildman–Crippen LogP) is 2.39. The minimum Gasteiger partial charge on any atom is -0.327 e. The molecule has 0 spiro atoms. The molecule has 4 nitrogen and oxygen atoms in total. The van der Waals surface area contributed by atoms with Gasteiger partial charge in [0, 0.05) is 13.1 Å². The van der Waals surface area contributed by atoms with Crippen LogP contribution in [0.3, 0.4) is 0 Å². The maximum Gasteiger partial charge on any atom is 0.195 e. The Morgan fingerprint density at radius 2 is 2.26 bits per heavy atom. The van der Waals surface area contributed by atoms with Gasteiger partial charge in [-0.3, -0.25) is 0 Å². The molecule has 1 atom stereocenters. The van der Waals surface area contributed by atoms with E-state index >= 15 is 0 Å². The van der Waals surface area contributed by atoms with E-state index in [1.807, 2.05) is 20.0 Å². The van der Waals surface area contributed by atoms with E-state index in [9.17, 15) is 4.39 Å². The molecule has 2 N–H and O–H groups in total. The first-order chi connectivity index (χ1) is 9.11. The van der Waals surface area contributed by atoms with Crippen molar-refractivity contribution in [1.82, 2.24) is 14.8 Å². The van der Waals surface area contributed by atoms with Crippen molar-refractivity contribution in [2.75, 3.05) is 0 Å². The van der Waals surface area contributed by atoms with Crippen LogP contribution in [-0.4, -0.2) is 20.8 Å². The largest absolute Gasteiger partial charge is 0.327 e. The predicted molar refractivity (Wildman–Crippen MR) is 73.5 cm³/mol. The van der Waals surface area contributed by atoms with Crippen LogP contribution in [0.4, 0.5) is 4.39 Å². The average Bonchev–Trinajstić information content (AvgIpc) is 2.79. The Morgan fingerprint density at radius 3 is 2.89 bits per heavy atom. The van der Waals surface area contributed by atoms with Gasteiger partial charge in [-0.05, 0) is 36.2 Å². The number of hydrogen-bond donors (Lipinski definition) is 1. The van der Waals surface area contributed by atoms with Gasteiger partial charge < -0.3 is 10.3 Å². The molecule has 0 saturated heterocycles. The monoisotopic (exact) mass is 280 g/mol. The van der Waals surface area contributed by atoms with E-state index in [0.29, 0.717) is 16.5 Å². The molecule has 0 amide bonds. The fourth-order valence-electron chi connectivity index (χ4n) is 1.71. The molecule has 1 heterocycles. The zero-order valence-electron chi connectivity index (χ0n) is 11.0. The number of aromatic nitrogens is 3. The SMILES string of the molecule is CCC(N)Cc1cccc(F)c1Sc1nncn1C. The molecule has 102 valence electrons. The standard InChI is InChI=1S/C13H17FN4S/c1-3-10(15)7-9-5-4-6-11(14)12(9)19-13-17-16-8-18(13)2/h4-6,8,10H,3,7,15H2,1-2H3. The summed E-state index contributed by atoms with van der Waals surface area (Å²) in [6.45, 7) is 2.03. The highest BCUT2D eigenvalue weighted by molar-refractivity contribution is 7.99. The van der Waals surface area contributed by atoms with Crippen molar-refractivity contribution in [3.8, 4) is 0 Å². The van der Waals surface area contributed by atoms with Crippen LogP contribution in [0.5, 0.6) is 0 Å². The van der Waals surface area contributed by atoms with Gasteiger partial charge >= 0.3 is 0 Å². The molecule has 1 unspecified atom stereocenters. The second-order valence-corrected chi connectivity index (χ2v) is 5.40. The molecule has 1 aromatic heterocycles. The van der Waals surface area contributed by atoms with Crippen LogP contribution >= 0.6 is 11.8 Å². The highest BCUT2D eigenvalue weighted by Crippen LogP contribution is 2.31. The molecule has 0 radical (unpaired) electrons. The van der Waals surface area contributed by atoms with Crippen LogP contribution in [0, 0.1) is 5.82 Å². The third-order valence-electron chi connectivity index (χ3n) is 2.92. The van der Waals surface area contributed by atoms with Crippen LogP contribution in [0.15, 0.2) is 34.6 Å². The van der Waals surface area contributed by atoms with Gasteiger partial charge in [0.25, 0.3) is 0 Å². The summed E-state index contributed by atoms with van der Waals surface area (Å²) in [4.78, 5) is 0.586. The molecular weight excluding hydrogens is 263 g/mol. The van der Waals surface area contributed by atoms with E-state index in [1.165, 1.54) is 17.8 Å². The Hall–Kier alpha value is -1.40. The topological polar surface area (TPSA) is 56.7 Å². The molecule has 0 aliphatic heterocycles. The Kier molecular flexibility index (Phi) is 4.55. The molecule has 2 aromatic rings. The maximum absolute atomic E-state index is 14.0. The third kappa shape index (κ3) is 3.33. The second kappa shape index (κ2) is 6.16. The number of hydrogen-bond acceptors (Lipinski definition) is 4. The molecule has 19 heavy (non-hydrogen) atoms. The lowest BCUT2D eigenvalue weighted by atomic mass is 10.0. The molecule has 0 aliphatic carbocycles. The number of nitrogens with zero attached hydrogens (tertiary/aromatic N) is 3. The van der Waals surface area contributed by atoms with E-state index in [2.05, 4.69) is 10.2 Å². The van der Waals surface area contributed by atoms with E-state index in [-0.39, 0.29) is 11.9 Å². The minimum absolute atomic E-state index is 0.0423. The first kappa shape index (κ1) is 14.0.